The number of benzene rings is 1. The number of unbranched alkanes of at least 4 members (excludes halogenated alkanes) is 3. The number of amides is 1. The maximum Gasteiger partial charge on any atom is 0.339 e. The Kier molecular flexibility index (Phi) is 7.82. The fourth-order valence-electron chi connectivity index (χ4n) is 3.26. The second-order valence-electron chi connectivity index (χ2n) is 7.22. The van der Waals surface area contributed by atoms with Crippen molar-refractivity contribution in [2.75, 3.05) is 6.54 Å². The lowest BCUT2D eigenvalue weighted by molar-refractivity contribution is -0.304. The van der Waals surface area contributed by atoms with Crippen LogP contribution in [-0.4, -0.2) is 24.5 Å². The predicted molar refractivity (Wildman–Crippen MR) is 108 cm³/mol. The third kappa shape index (κ3) is 5.59. The molecule has 0 aliphatic heterocycles. The molecule has 1 N–H and O–H groups in total. The molecule has 0 spiro atoms. The first-order chi connectivity index (χ1) is 13.8. The number of rotatable bonds is 10. The van der Waals surface area contributed by atoms with Crippen LogP contribution in [0.4, 0.5) is 0 Å². The van der Waals surface area contributed by atoms with Gasteiger partial charge >= 0.3 is 5.63 Å². The summed E-state index contributed by atoms with van der Waals surface area (Å²) in [5.41, 5.74) is 2.31. The number of hydrogen-bond acceptors (Lipinski definition) is 6. The highest BCUT2D eigenvalue weighted by Crippen LogP contribution is 2.30. The van der Waals surface area contributed by atoms with Gasteiger partial charge in [0, 0.05) is 16.5 Å². The van der Waals surface area contributed by atoms with Gasteiger partial charge in [-0.05, 0) is 51.3 Å². The Morgan fingerprint density at radius 1 is 1.17 bits per heavy atom. The monoisotopic (exact) mass is 402 g/mol. The smallest absolute Gasteiger partial charge is 0.339 e. The summed E-state index contributed by atoms with van der Waals surface area (Å²) >= 11 is 0. The molecule has 2 aromatic rings. The average Bonchev–Trinajstić information content (AvgIpc) is 2.67. The fraction of sp³-hybridized carbons (Fsp3) is 0.500. The molecule has 7 nitrogen and oxygen atoms in total. The number of carbonyl (C=O) groups is 2. The van der Waals surface area contributed by atoms with E-state index in [1.165, 1.54) is 6.92 Å². The summed E-state index contributed by atoms with van der Waals surface area (Å²) in [5.74, 6) is -1.56. The van der Waals surface area contributed by atoms with E-state index in [2.05, 4.69) is 12.2 Å². The zero-order valence-electron chi connectivity index (χ0n) is 17.4. The van der Waals surface area contributed by atoms with Crippen molar-refractivity contribution in [2.45, 2.75) is 65.9 Å². The minimum Gasteiger partial charge on any atom is -0.548 e. The summed E-state index contributed by atoms with van der Waals surface area (Å²) < 4.78 is 11.3. The first-order valence-corrected chi connectivity index (χ1v) is 9.96. The molecule has 1 amide bonds. The minimum absolute atomic E-state index is 0.341. The van der Waals surface area contributed by atoms with Crippen LogP contribution in [0.2, 0.25) is 0 Å². The van der Waals surface area contributed by atoms with Gasteiger partial charge in [-0.3, -0.25) is 4.79 Å². The molecule has 0 saturated heterocycles. The molecule has 0 radical (unpaired) electrons. The van der Waals surface area contributed by atoms with Gasteiger partial charge in [0.2, 0.25) is 0 Å². The largest absolute Gasteiger partial charge is 0.548 e. The van der Waals surface area contributed by atoms with Crippen molar-refractivity contribution in [3.05, 3.63) is 39.2 Å². The van der Waals surface area contributed by atoms with Crippen molar-refractivity contribution in [3.8, 4) is 5.75 Å². The molecule has 1 heterocycles. The summed E-state index contributed by atoms with van der Waals surface area (Å²) in [6, 6.07) is 3.55. The number of carboxylic acids is 1. The minimum atomic E-state index is -1.38. The van der Waals surface area contributed by atoms with Gasteiger partial charge in [-0.25, -0.2) is 4.79 Å². The van der Waals surface area contributed by atoms with Crippen LogP contribution in [0.15, 0.2) is 21.3 Å². The average molecular weight is 402 g/mol. The topological polar surface area (TPSA) is 109 Å². The van der Waals surface area contributed by atoms with E-state index in [1.54, 1.807) is 13.0 Å². The van der Waals surface area contributed by atoms with E-state index in [4.69, 9.17) is 9.15 Å². The molecule has 1 atom stereocenters. The Morgan fingerprint density at radius 3 is 2.55 bits per heavy atom. The zero-order chi connectivity index (χ0) is 21.6. The number of aliphatic carboxylic acids is 1. The molecule has 158 valence electrons. The van der Waals surface area contributed by atoms with Gasteiger partial charge in [0.25, 0.3) is 5.91 Å². The SMILES string of the molecule is CCCCCCc1c(C)c2ccc(O[C@H](C)C(=O)NCC(=O)[O-])c(C)c2oc1=O. The lowest BCUT2D eigenvalue weighted by Crippen LogP contribution is -2.43. The van der Waals surface area contributed by atoms with Gasteiger partial charge in [0.15, 0.2) is 6.10 Å². The van der Waals surface area contributed by atoms with Gasteiger partial charge in [0.1, 0.15) is 11.3 Å². The molecular formula is C22H28NO6-. The molecule has 1 aromatic carbocycles. The van der Waals surface area contributed by atoms with Crippen LogP contribution in [0.3, 0.4) is 0 Å². The van der Waals surface area contributed by atoms with E-state index >= 15 is 0 Å². The van der Waals surface area contributed by atoms with Gasteiger partial charge in [0.05, 0.1) is 12.5 Å². The molecular weight excluding hydrogens is 374 g/mol. The highest BCUT2D eigenvalue weighted by atomic mass is 16.5. The number of carboxylic acid groups (broad SMARTS) is 1. The number of nitrogens with one attached hydrogen (secondary N) is 1. The molecule has 0 bridgehead atoms. The van der Waals surface area contributed by atoms with Crippen LogP contribution in [-0.2, 0) is 16.0 Å². The van der Waals surface area contributed by atoms with Crippen LogP contribution in [0.1, 0.15) is 56.2 Å². The summed E-state index contributed by atoms with van der Waals surface area (Å²) in [5, 5.41) is 13.5. The molecule has 0 saturated carbocycles. The molecule has 0 aliphatic rings. The lowest BCUT2D eigenvalue weighted by atomic mass is 9.99. The quantitative estimate of drug-likeness (QED) is 0.482. The maximum atomic E-state index is 12.5. The predicted octanol–water partition coefficient (Wildman–Crippen LogP) is 2.17. The number of hydrogen-bond donors (Lipinski definition) is 1. The number of carbonyl (C=O) groups excluding carboxylic acids is 2. The molecule has 7 heteroatoms. The van der Waals surface area contributed by atoms with E-state index in [0.717, 1.165) is 36.6 Å². The van der Waals surface area contributed by atoms with Gasteiger partial charge in [-0.15, -0.1) is 0 Å². The first-order valence-electron chi connectivity index (χ1n) is 9.96. The third-order valence-corrected chi connectivity index (χ3v) is 5.01. The van der Waals surface area contributed by atoms with Crippen molar-refractivity contribution in [3.63, 3.8) is 0 Å². The molecule has 0 unspecified atom stereocenters. The lowest BCUT2D eigenvalue weighted by Gasteiger charge is -2.17. The Balaban J connectivity index is 2.26. The van der Waals surface area contributed by atoms with E-state index < -0.39 is 24.5 Å². The van der Waals surface area contributed by atoms with Crippen LogP contribution in [0.5, 0.6) is 5.75 Å². The van der Waals surface area contributed by atoms with Crippen molar-refractivity contribution in [1.29, 1.82) is 0 Å². The molecule has 2 rings (SSSR count). The van der Waals surface area contributed by atoms with Gasteiger partial charge in [-0.1, -0.05) is 26.2 Å². The normalized spacial score (nSPS) is 12.0. The Labute approximate surface area is 170 Å². The second kappa shape index (κ2) is 10.1. The van der Waals surface area contributed by atoms with Gasteiger partial charge in [-0.2, -0.15) is 0 Å². The summed E-state index contributed by atoms with van der Waals surface area (Å²) in [6.07, 6.45) is 4.08. The van der Waals surface area contributed by atoms with Crippen LogP contribution in [0, 0.1) is 13.8 Å². The molecule has 0 fully saturated rings. The maximum absolute atomic E-state index is 12.5. The van der Waals surface area contributed by atoms with Crippen molar-refractivity contribution < 1.29 is 23.8 Å². The van der Waals surface area contributed by atoms with E-state index in [1.807, 2.05) is 13.0 Å². The highest BCUT2D eigenvalue weighted by Gasteiger charge is 2.19. The number of aryl methyl sites for hydroxylation is 2. The van der Waals surface area contributed by atoms with Crippen molar-refractivity contribution >= 4 is 22.8 Å². The Bertz CT molecular complexity index is 946. The molecule has 1 aromatic heterocycles. The number of ether oxygens (including phenoxy) is 1. The molecule has 0 aliphatic carbocycles. The van der Waals surface area contributed by atoms with Crippen LogP contribution >= 0.6 is 0 Å². The Morgan fingerprint density at radius 2 is 1.90 bits per heavy atom. The standard InChI is InChI=1S/C22H29NO6/c1-5-6-7-8-9-17-13(2)16-10-11-18(14(3)20(16)29-22(17)27)28-15(4)21(26)23-12-19(24)25/h10-11,15H,5-9,12H2,1-4H3,(H,23,26)(H,24,25)/p-1/t15-/m1/s1. The van der Waals surface area contributed by atoms with E-state index in [0.29, 0.717) is 28.9 Å². The van der Waals surface area contributed by atoms with Crippen LogP contribution < -0.4 is 20.8 Å². The summed E-state index contributed by atoms with van der Waals surface area (Å²) in [6.45, 7) is 6.75. The third-order valence-electron chi connectivity index (χ3n) is 5.01. The van der Waals surface area contributed by atoms with Crippen LogP contribution in [0.25, 0.3) is 11.0 Å². The highest BCUT2D eigenvalue weighted by molar-refractivity contribution is 5.86. The Hall–Kier alpha value is -2.83. The fourth-order valence-corrected chi connectivity index (χ4v) is 3.26. The van der Waals surface area contributed by atoms with Gasteiger partial charge < -0.3 is 24.4 Å². The second-order valence-corrected chi connectivity index (χ2v) is 7.22. The number of fused-ring (bicyclic) bond motifs is 1. The van der Waals surface area contributed by atoms with E-state index in [9.17, 15) is 19.5 Å². The summed E-state index contributed by atoms with van der Waals surface area (Å²) in [4.78, 5) is 34.9. The summed E-state index contributed by atoms with van der Waals surface area (Å²) in [7, 11) is 0. The van der Waals surface area contributed by atoms with Crippen molar-refractivity contribution in [1.82, 2.24) is 5.32 Å². The molecule has 29 heavy (non-hydrogen) atoms. The zero-order valence-corrected chi connectivity index (χ0v) is 17.4. The van der Waals surface area contributed by atoms with Crippen molar-refractivity contribution in [2.24, 2.45) is 0 Å². The first kappa shape index (κ1) is 22.5. The van der Waals surface area contributed by atoms with E-state index in [-0.39, 0.29) is 5.63 Å².